The van der Waals surface area contributed by atoms with Crippen molar-refractivity contribution < 1.29 is 9.31 Å². The summed E-state index contributed by atoms with van der Waals surface area (Å²) < 4.78 is 13.0. The third-order valence-corrected chi connectivity index (χ3v) is 25.5. The Morgan fingerprint density at radius 2 is 0.588 bits per heavy atom. The van der Waals surface area contributed by atoms with Gasteiger partial charge >= 0.3 is 7.12 Å². The summed E-state index contributed by atoms with van der Waals surface area (Å²) in [5.41, 5.74) is 28.3. The van der Waals surface area contributed by atoms with Crippen LogP contribution in [0.2, 0.25) is 5.28 Å². The molecule has 16 aromatic rings. The minimum absolute atomic E-state index is 0.264. The van der Waals surface area contributed by atoms with Crippen LogP contribution in [0.15, 0.2) is 371 Å². The van der Waals surface area contributed by atoms with Crippen molar-refractivity contribution in [2.45, 2.75) is 69.3 Å². The van der Waals surface area contributed by atoms with Crippen LogP contribution in [-0.4, -0.2) is 38.3 Å². The second-order valence-corrected chi connectivity index (χ2v) is 32.6. The first-order chi connectivity index (χ1) is 55.8. The maximum Gasteiger partial charge on any atom is 0.494 e. The predicted octanol–water partition coefficient (Wildman–Crippen LogP) is 24.7. The van der Waals surface area contributed by atoms with E-state index < -0.39 is 29.2 Å². The van der Waals surface area contributed by atoms with E-state index in [9.17, 15) is 10.5 Å². The van der Waals surface area contributed by atoms with Gasteiger partial charge in [-0.3, -0.25) is 0 Å². The molecule has 8 nitrogen and oxygen atoms in total. The first kappa shape index (κ1) is 71.5. The molecule has 0 saturated carbocycles. The molecular formula is C102H70BClN6O2S2. The Morgan fingerprint density at radius 3 is 0.956 bits per heavy atom. The summed E-state index contributed by atoms with van der Waals surface area (Å²) in [5, 5.41) is 19.5. The van der Waals surface area contributed by atoms with Crippen LogP contribution < -0.4 is 5.46 Å². The Bertz CT molecular complexity index is 6360. The highest BCUT2D eigenvalue weighted by atomic mass is 35.5. The molecule has 114 heavy (non-hydrogen) atoms. The van der Waals surface area contributed by atoms with Crippen molar-refractivity contribution >= 4 is 47.7 Å². The summed E-state index contributed by atoms with van der Waals surface area (Å²) in [7, 11) is -0.452. The Hall–Kier alpha value is -12.8. The maximum atomic E-state index is 9.71. The van der Waals surface area contributed by atoms with Crippen molar-refractivity contribution in [2.75, 3.05) is 0 Å². The number of rotatable bonds is 8. The van der Waals surface area contributed by atoms with E-state index in [0.717, 1.165) is 83.9 Å². The van der Waals surface area contributed by atoms with E-state index in [1.54, 1.807) is 0 Å². The van der Waals surface area contributed by atoms with E-state index >= 15 is 0 Å². The molecule has 14 aromatic carbocycles. The molecule has 1 fully saturated rings. The lowest BCUT2D eigenvalue weighted by Crippen LogP contribution is -2.41. The van der Waals surface area contributed by atoms with Crippen LogP contribution in [0, 0.1) is 22.7 Å². The van der Waals surface area contributed by atoms with Crippen LogP contribution in [0.1, 0.15) is 83.3 Å². The number of fused-ring (bicyclic) bond motifs is 18. The molecule has 2 aliphatic carbocycles. The number of benzene rings is 14. The summed E-state index contributed by atoms with van der Waals surface area (Å²) in [6.07, 6.45) is 0. The minimum atomic E-state index is -0.503. The van der Waals surface area contributed by atoms with Gasteiger partial charge in [-0.15, -0.1) is 0 Å². The average molecular weight is 1520 g/mol. The van der Waals surface area contributed by atoms with Gasteiger partial charge in [0.25, 0.3) is 0 Å². The fraction of sp³-hybridized carbons (Fsp3) is 0.0784. The zero-order valence-electron chi connectivity index (χ0n) is 62.8. The standard InChI is InChI=1S/C48H29N3S.C38H30BNO2S.C16H11ClN2/c49-30-31-12-11-17-34(26-31)35-22-24-39-37(27-35)38-28-36(47-50-43(32-13-3-1-4-14-32)29-44(51-47)33-15-5-2-6-16-33)23-25-40(38)48(39)41-18-7-9-20-45(41)52-46-21-10-8-19-42(46)48;1-36(2)37(3,4)42-39(41-36)27-17-19-31-29(22-27)28-21-26(25-11-9-10-24(20-25)23-40)16-18-30(28)38(31)32-12-5-7-14-34(32)43-35-15-8-6-13-33(35)38;17-16-18-14(12-7-3-1-4-8-12)11-15(19-16)13-9-5-2-6-10-13/h1-29H;5-22H,1-4H3;1-11H. The highest BCUT2D eigenvalue weighted by Crippen LogP contribution is 2.65. The molecule has 0 unspecified atom stereocenters. The number of halogens is 1. The third kappa shape index (κ3) is 12.4. The highest BCUT2D eigenvalue weighted by Gasteiger charge is 2.55. The average Bonchev–Trinajstić information content (AvgIpc) is 1.51. The van der Waals surface area contributed by atoms with Gasteiger partial charge in [-0.25, -0.2) is 19.9 Å². The summed E-state index contributed by atoms with van der Waals surface area (Å²) in [6, 6.07) is 128. The highest BCUT2D eigenvalue weighted by molar-refractivity contribution is 7.99. The number of hydrogen-bond donors (Lipinski definition) is 0. The monoisotopic (exact) mass is 1520 g/mol. The topological polar surface area (TPSA) is 118 Å². The fourth-order valence-corrected chi connectivity index (χ4v) is 19.6. The molecule has 0 radical (unpaired) electrons. The van der Waals surface area contributed by atoms with Gasteiger partial charge in [-0.2, -0.15) is 10.5 Å². The zero-order valence-corrected chi connectivity index (χ0v) is 65.1. The molecular weight excluding hydrogens is 1450 g/mol. The summed E-state index contributed by atoms with van der Waals surface area (Å²) in [4.78, 5) is 24.0. The van der Waals surface area contributed by atoms with Gasteiger partial charge in [-0.05, 0) is 213 Å². The molecule has 5 heterocycles. The molecule has 0 amide bonds. The molecule has 542 valence electrons. The quantitative estimate of drug-likeness (QED) is 0.107. The van der Waals surface area contributed by atoms with Crippen molar-refractivity contribution in [1.82, 2.24) is 19.9 Å². The first-order valence-corrected chi connectivity index (χ1v) is 40.1. The van der Waals surface area contributed by atoms with Crippen LogP contribution in [0.4, 0.5) is 0 Å². The summed E-state index contributed by atoms with van der Waals surface area (Å²) >= 11 is 9.72. The van der Waals surface area contributed by atoms with Gasteiger partial charge in [-0.1, -0.05) is 297 Å². The lowest BCUT2D eigenvalue weighted by Gasteiger charge is -2.39. The van der Waals surface area contributed by atoms with Gasteiger partial charge in [0.2, 0.25) is 5.28 Å². The van der Waals surface area contributed by atoms with Gasteiger partial charge in [0.05, 0.1) is 68.1 Å². The van der Waals surface area contributed by atoms with E-state index in [1.165, 1.54) is 80.8 Å². The maximum absolute atomic E-state index is 9.71. The van der Waals surface area contributed by atoms with Crippen molar-refractivity contribution in [3.05, 3.63) is 413 Å². The van der Waals surface area contributed by atoms with Gasteiger partial charge in [0.15, 0.2) is 5.82 Å². The molecule has 1 saturated heterocycles. The molecule has 2 aromatic heterocycles. The summed E-state index contributed by atoms with van der Waals surface area (Å²) in [6.45, 7) is 8.39. The number of nitriles is 2. The van der Waals surface area contributed by atoms with E-state index in [1.807, 2.05) is 163 Å². The third-order valence-electron chi connectivity index (χ3n) is 23.0. The molecule has 2 spiro atoms. The first-order valence-electron chi connectivity index (χ1n) is 38.1. The van der Waals surface area contributed by atoms with Crippen molar-refractivity contribution in [3.8, 4) is 113 Å². The largest absolute Gasteiger partial charge is 0.494 e. The molecule has 5 aliphatic rings. The normalized spacial score (nSPS) is 14.5. The lowest BCUT2D eigenvalue weighted by atomic mass is 9.66. The van der Waals surface area contributed by atoms with Crippen molar-refractivity contribution in [2.24, 2.45) is 0 Å². The Kier molecular flexibility index (Phi) is 18.2. The molecule has 0 N–H and O–H groups in total. The van der Waals surface area contributed by atoms with Crippen molar-refractivity contribution in [1.29, 1.82) is 10.5 Å². The Morgan fingerprint density at radius 1 is 0.289 bits per heavy atom. The van der Waals surface area contributed by atoms with Gasteiger partial charge in [0.1, 0.15) is 0 Å². The van der Waals surface area contributed by atoms with E-state index in [2.05, 4.69) is 262 Å². The number of aromatic nitrogens is 4. The summed E-state index contributed by atoms with van der Waals surface area (Å²) in [5.74, 6) is 0.684. The SMILES string of the molecule is CC1(C)OB(c2ccc3c(c2)-c2cc(-c4cccc(C#N)c4)ccc2C32c3ccccc3Sc3ccccc32)OC1(C)C.Clc1nc(-c2ccccc2)cc(-c2ccccc2)n1.N#Cc1cccc(-c2ccc3c(c2)-c2cc(-c4nc(-c5ccccc5)cc(-c5ccccc5)n4)ccc2C32c3ccccc3Sc3ccccc32)c1. The molecule has 21 rings (SSSR count). The Balaban J connectivity index is 0.000000126. The second-order valence-electron chi connectivity index (χ2n) is 30.1. The van der Waals surface area contributed by atoms with Gasteiger partial charge in [0, 0.05) is 47.4 Å². The van der Waals surface area contributed by atoms with Gasteiger partial charge < -0.3 is 9.31 Å². The smallest absolute Gasteiger partial charge is 0.399 e. The number of nitrogens with zero attached hydrogens (tertiary/aromatic N) is 6. The molecule has 0 bridgehead atoms. The molecule has 3 aliphatic heterocycles. The van der Waals surface area contributed by atoms with Crippen LogP contribution in [-0.2, 0) is 20.1 Å². The van der Waals surface area contributed by atoms with Crippen LogP contribution >= 0.6 is 35.1 Å². The zero-order chi connectivity index (χ0) is 77.3. The van der Waals surface area contributed by atoms with E-state index in [-0.39, 0.29) is 5.28 Å². The van der Waals surface area contributed by atoms with Crippen LogP contribution in [0.25, 0.3) is 101 Å². The second kappa shape index (κ2) is 29.1. The van der Waals surface area contributed by atoms with E-state index in [0.29, 0.717) is 17.0 Å². The number of hydrogen-bond acceptors (Lipinski definition) is 10. The minimum Gasteiger partial charge on any atom is -0.399 e. The van der Waals surface area contributed by atoms with Crippen LogP contribution in [0.5, 0.6) is 0 Å². The van der Waals surface area contributed by atoms with E-state index in [4.69, 9.17) is 30.9 Å². The van der Waals surface area contributed by atoms with Crippen LogP contribution in [0.3, 0.4) is 0 Å². The van der Waals surface area contributed by atoms with Crippen molar-refractivity contribution in [3.63, 3.8) is 0 Å². The molecule has 0 atom stereocenters. The Labute approximate surface area is 677 Å². The lowest BCUT2D eigenvalue weighted by molar-refractivity contribution is 0.00578. The molecule has 12 heteroatoms. The predicted molar refractivity (Wildman–Crippen MR) is 462 cm³/mol. The fourth-order valence-electron chi connectivity index (χ4n) is 17.0.